The lowest BCUT2D eigenvalue weighted by Crippen LogP contribution is -2.21. The first kappa shape index (κ1) is 9.92. The first-order valence-electron chi connectivity index (χ1n) is 3.98. The molecule has 60 valence electrons. The van der Waals surface area contributed by atoms with Crippen LogP contribution in [-0.2, 0) is 0 Å². The van der Waals surface area contributed by atoms with Crippen LogP contribution >= 0.6 is 0 Å². The van der Waals surface area contributed by atoms with Crippen molar-refractivity contribution in [1.29, 1.82) is 0 Å². The highest BCUT2D eigenvalue weighted by atomic mass is 28.2. The van der Waals surface area contributed by atoms with E-state index in [1.165, 1.54) is 18.2 Å². The van der Waals surface area contributed by atoms with Gasteiger partial charge in [0.2, 0.25) is 0 Å². The van der Waals surface area contributed by atoms with Gasteiger partial charge in [0, 0.05) is 0 Å². The quantitative estimate of drug-likeness (QED) is 0.440. The van der Waals surface area contributed by atoms with Crippen LogP contribution in [0.4, 0.5) is 0 Å². The maximum absolute atomic E-state index is 2.46. The van der Waals surface area contributed by atoms with Crippen LogP contribution in [0, 0.1) is 0 Å². The number of rotatable bonds is 4. The lowest BCUT2D eigenvalue weighted by Gasteiger charge is -2.10. The number of hydrogen-bond acceptors (Lipinski definition) is 1. The van der Waals surface area contributed by atoms with Gasteiger partial charge in [-0.2, -0.15) is 0 Å². The van der Waals surface area contributed by atoms with Gasteiger partial charge in [-0.25, -0.2) is 0 Å². The summed E-state index contributed by atoms with van der Waals surface area (Å²) in [7, 11) is 2.26. The molecular formula is C8H19NSi. The molecule has 2 heteroatoms. The van der Waals surface area contributed by atoms with E-state index in [1.807, 2.05) is 0 Å². The molecule has 0 bridgehead atoms. The molecule has 0 unspecified atom stereocenters. The normalized spacial score (nSPS) is 11.3. The van der Waals surface area contributed by atoms with Crippen molar-refractivity contribution in [2.45, 2.75) is 26.8 Å². The van der Waals surface area contributed by atoms with Crippen molar-refractivity contribution in [3.05, 3.63) is 11.6 Å². The molecule has 0 spiro atoms. The summed E-state index contributed by atoms with van der Waals surface area (Å²) in [6.07, 6.45) is 2.35. The molecule has 0 saturated heterocycles. The molecule has 0 aliphatic rings. The zero-order valence-corrected chi connectivity index (χ0v) is 9.06. The highest BCUT2D eigenvalue weighted by Gasteiger charge is 1.91. The van der Waals surface area contributed by atoms with E-state index < -0.39 is 0 Å². The molecule has 0 aliphatic heterocycles. The Balaban J connectivity index is 3.28. The van der Waals surface area contributed by atoms with Gasteiger partial charge in [0.1, 0.15) is 0 Å². The third-order valence-electron chi connectivity index (χ3n) is 1.60. The van der Waals surface area contributed by atoms with E-state index in [0.29, 0.717) is 0 Å². The number of allylic oxidation sites excluding steroid dienone is 2. The summed E-state index contributed by atoms with van der Waals surface area (Å²) >= 11 is 0. The SMILES string of the molecule is CCN(C)[SiH2]CC=C(C)C. The second-order valence-electron chi connectivity index (χ2n) is 2.97. The van der Waals surface area contributed by atoms with Crippen LogP contribution in [0.2, 0.25) is 6.04 Å². The fourth-order valence-corrected chi connectivity index (χ4v) is 2.20. The van der Waals surface area contributed by atoms with Crippen molar-refractivity contribution >= 4 is 9.68 Å². The summed E-state index contributed by atoms with van der Waals surface area (Å²) < 4.78 is 2.46. The van der Waals surface area contributed by atoms with Crippen LogP contribution < -0.4 is 0 Å². The molecule has 0 saturated carbocycles. The Morgan fingerprint density at radius 3 is 2.50 bits per heavy atom. The summed E-state index contributed by atoms with van der Waals surface area (Å²) in [6.45, 7) is 7.76. The van der Waals surface area contributed by atoms with Gasteiger partial charge in [-0.3, -0.25) is 0 Å². The van der Waals surface area contributed by atoms with E-state index in [-0.39, 0.29) is 9.68 Å². The second kappa shape index (κ2) is 5.68. The maximum atomic E-state index is 2.46. The molecule has 0 aromatic heterocycles. The van der Waals surface area contributed by atoms with Crippen molar-refractivity contribution in [2.24, 2.45) is 0 Å². The number of hydrogen-bond donors (Lipinski definition) is 0. The van der Waals surface area contributed by atoms with Crippen molar-refractivity contribution in [2.75, 3.05) is 13.6 Å². The fourth-order valence-electron chi connectivity index (χ4n) is 0.732. The van der Waals surface area contributed by atoms with E-state index in [4.69, 9.17) is 0 Å². The largest absolute Gasteiger partial charge is 0.332 e. The summed E-state index contributed by atoms with van der Waals surface area (Å²) in [5, 5.41) is 0. The van der Waals surface area contributed by atoms with Crippen LogP contribution in [0.1, 0.15) is 20.8 Å². The lowest BCUT2D eigenvalue weighted by molar-refractivity contribution is 0.567. The van der Waals surface area contributed by atoms with Gasteiger partial charge in [0.25, 0.3) is 0 Å². The van der Waals surface area contributed by atoms with Gasteiger partial charge >= 0.3 is 0 Å². The van der Waals surface area contributed by atoms with E-state index in [1.54, 1.807) is 0 Å². The van der Waals surface area contributed by atoms with E-state index in [2.05, 4.69) is 38.5 Å². The second-order valence-corrected chi connectivity index (χ2v) is 5.07. The average molecular weight is 157 g/mol. The third kappa shape index (κ3) is 6.04. The minimum atomic E-state index is 0.0498. The van der Waals surface area contributed by atoms with Gasteiger partial charge in [-0.1, -0.05) is 18.6 Å². The van der Waals surface area contributed by atoms with E-state index in [0.717, 1.165) is 0 Å². The van der Waals surface area contributed by atoms with Gasteiger partial charge < -0.3 is 4.57 Å². The molecule has 0 heterocycles. The predicted octanol–water partition coefficient (Wildman–Crippen LogP) is 1.41. The van der Waals surface area contributed by atoms with Gasteiger partial charge in [0.05, 0.1) is 9.68 Å². The highest BCUT2D eigenvalue weighted by molar-refractivity contribution is 6.32. The Labute approximate surface area is 67.0 Å². The Bertz CT molecular complexity index is 106. The van der Waals surface area contributed by atoms with Gasteiger partial charge in [-0.05, 0) is 33.5 Å². The van der Waals surface area contributed by atoms with Crippen molar-refractivity contribution < 1.29 is 0 Å². The zero-order chi connectivity index (χ0) is 7.98. The van der Waals surface area contributed by atoms with Crippen molar-refractivity contribution in [3.8, 4) is 0 Å². The molecule has 0 aromatic rings. The van der Waals surface area contributed by atoms with Crippen molar-refractivity contribution in [1.82, 2.24) is 4.57 Å². The first-order chi connectivity index (χ1) is 4.66. The molecule has 1 nitrogen and oxygen atoms in total. The van der Waals surface area contributed by atoms with Gasteiger partial charge in [0.15, 0.2) is 0 Å². The molecule has 0 aromatic carbocycles. The zero-order valence-electron chi connectivity index (χ0n) is 7.65. The highest BCUT2D eigenvalue weighted by Crippen LogP contribution is 1.93. The smallest absolute Gasteiger partial charge is 0.0983 e. The van der Waals surface area contributed by atoms with Crippen LogP contribution in [-0.4, -0.2) is 27.8 Å². The predicted molar refractivity (Wildman–Crippen MR) is 51.1 cm³/mol. The summed E-state index contributed by atoms with van der Waals surface area (Å²) in [5.74, 6) is 0. The van der Waals surface area contributed by atoms with E-state index in [9.17, 15) is 0 Å². The molecule has 0 fully saturated rings. The Kier molecular flexibility index (Phi) is 5.64. The number of nitrogens with zero attached hydrogens (tertiary/aromatic N) is 1. The van der Waals surface area contributed by atoms with Crippen LogP contribution in [0.5, 0.6) is 0 Å². The molecule has 0 radical (unpaired) electrons. The topological polar surface area (TPSA) is 3.24 Å². The molecule has 0 aliphatic carbocycles. The lowest BCUT2D eigenvalue weighted by atomic mass is 10.3. The molecular weight excluding hydrogens is 138 g/mol. The van der Waals surface area contributed by atoms with Crippen molar-refractivity contribution in [3.63, 3.8) is 0 Å². The monoisotopic (exact) mass is 157 g/mol. The summed E-state index contributed by atoms with van der Waals surface area (Å²) in [5.41, 5.74) is 1.46. The molecule has 0 amide bonds. The van der Waals surface area contributed by atoms with Crippen LogP contribution in [0.15, 0.2) is 11.6 Å². The average Bonchev–Trinajstić information content (AvgIpc) is 1.87. The molecule has 0 atom stereocenters. The maximum Gasteiger partial charge on any atom is 0.0983 e. The minimum Gasteiger partial charge on any atom is -0.332 e. The standard InChI is InChI=1S/C8H19NSi/c1-5-9(4)10-7-6-8(2)3/h6H,5,7,10H2,1-4H3. The minimum absolute atomic E-state index is 0.0498. The van der Waals surface area contributed by atoms with Crippen LogP contribution in [0.25, 0.3) is 0 Å². The molecule has 0 N–H and O–H groups in total. The summed E-state index contributed by atoms with van der Waals surface area (Å²) in [6, 6.07) is 1.33. The molecule has 10 heavy (non-hydrogen) atoms. The van der Waals surface area contributed by atoms with E-state index >= 15 is 0 Å². The third-order valence-corrected chi connectivity index (χ3v) is 3.36. The van der Waals surface area contributed by atoms with Crippen LogP contribution in [0.3, 0.4) is 0 Å². The first-order valence-corrected chi connectivity index (χ1v) is 5.62. The van der Waals surface area contributed by atoms with Gasteiger partial charge in [-0.15, -0.1) is 0 Å². The Hall–Kier alpha value is -0.0831. The summed E-state index contributed by atoms with van der Waals surface area (Å²) in [4.78, 5) is 0. The molecule has 0 rings (SSSR count). The fraction of sp³-hybridized carbons (Fsp3) is 0.750. The Morgan fingerprint density at radius 2 is 2.10 bits per heavy atom. The Morgan fingerprint density at radius 1 is 1.50 bits per heavy atom.